The van der Waals surface area contributed by atoms with Gasteiger partial charge in [-0.25, -0.2) is 9.97 Å². The number of H-pyrrole nitrogens is 1. The summed E-state index contributed by atoms with van der Waals surface area (Å²) in [7, 11) is 1.67. The molecule has 0 unspecified atom stereocenters. The van der Waals surface area contributed by atoms with Crippen LogP contribution in [0.2, 0.25) is 0 Å². The Morgan fingerprint density at radius 3 is 2.35 bits per heavy atom. The number of rotatable bonds is 9. The molecule has 0 atom stereocenters. The first-order valence-electron chi connectivity index (χ1n) is 14.8. The Labute approximate surface area is 251 Å². The highest BCUT2D eigenvalue weighted by molar-refractivity contribution is 6.09. The van der Waals surface area contributed by atoms with Crippen molar-refractivity contribution in [3.8, 4) is 45.1 Å². The van der Waals surface area contributed by atoms with Crippen molar-refractivity contribution in [1.29, 1.82) is 0 Å². The van der Waals surface area contributed by atoms with Gasteiger partial charge in [-0.2, -0.15) is 0 Å². The Bertz CT molecular complexity index is 1840. The predicted molar refractivity (Wildman–Crippen MR) is 172 cm³/mol. The highest BCUT2D eigenvalue weighted by Crippen LogP contribution is 2.42. The lowest BCUT2D eigenvalue weighted by Gasteiger charge is -2.26. The number of aromatic amines is 1. The van der Waals surface area contributed by atoms with E-state index in [2.05, 4.69) is 87.7 Å². The van der Waals surface area contributed by atoms with Crippen LogP contribution in [0.25, 0.3) is 55.4 Å². The number of methoxy groups -OCH3 is 1. The summed E-state index contributed by atoms with van der Waals surface area (Å²) < 4.78 is 17.5. The molecule has 4 aromatic carbocycles. The molecule has 3 heterocycles. The van der Waals surface area contributed by atoms with Crippen LogP contribution in [-0.2, 0) is 4.74 Å². The van der Waals surface area contributed by atoms with Crippen molar-refractivity contribution in [2.75, 3.05) is 46.6 Å². The monoisotopic (exact) mass is 570 g/mol. The molecule has 1 aliphatic heterocycles. The minimum atomic E-state index is 0.592. The van der Waals surface area contributed by atoms with Crippen molar-refractivity contribution in [1.82, 2.24) is 19.9 Å². The van der Waals surface area contributed by atoms with Gasteiger partial charge in [-0.3, -0.25) is 4.90 Å². The van der Waals surface area contributed by atoms with Crippen LogP contribution in [0, 0.1) is 0 Å². The van der Waals surface area contributed by atoms with Gasteiger partial charge in [-0.05, 0) is 35.2 Å². The molecule has 2 aromatic heterocycles. The van der Waals surface area contributed by atoms with E-state index in [0.29, 0.717) is 18.1 Å². The number of ether oxygens (including phenoxy) is 3. The van der Waals surface area contributed by atoms with Gasteiger partial charge in [-0.15, -0.1) is 0 Å². The van der Waals surface area contributed by atoms with Crippen LogP contribution in [0.1, 0.15) is 6.42 Å². The molecule has 216 valence electrons. The van der Waals surface area contributed by atoms with Crippen LogP contribution in [0.3, 0.4) is 0 Å². The van der Waals surface area contributed by atoms with Crippen molar-refractivity contribution in [3.63, 3.8) is 0 Å². The molecule has 0 bridgehead atoms. The molecule has 0 amide bonds. The minimum Gasteiger partial charge on any atom is -0.493 e. The zero-order valence-electron chi connectivity index (χ0n) is 24.3. The second-order valence-corrected chi connectivity index (χ2v) is 10.8. The molecule has 0 saturated carbocycles. The number of aromatic nitrogens is 3. The van der Waals surface area contributed by atoms with Gasteiger partial charge in [0.2, 0.25) is 0 Å². The first-order chi connectivity index (χ1) is 21.3. The Kier molecular flexibility index (Phi) is 7.73. The maximum absolute atomic E-state index is 6.31. The smallest absolute Gasteiger partial charge is 0.162 e. The van der Waals surface area contributed by atoms with E-state index in [-0.39, 0.29) is 0 Å². The number of nitrogens with one attached hydrogen (secondary N) is 1. The van der Waals surface area contributed by atoms with Crippen LogP contribution in [0.15, 0.2) is 97.3 Å². The Hall–Kier alpha value is -4.72. The van der Waals surface area contributed by atoms with Gasteiger partial charge in [0.15, 0.2) is 11.5 Å². The van der Waals surface area contributed by atoms with E-state index in [1.807, 2.05) is 18.2 Å². The number of morpholine rings is 1. The minimum absolute atomic E-state index is 0.592. The SMILES string of the molecule is COc1cc2ncnc(-c3c(-c4ccc(-c5ccccc5)cc4)[nH]c4ccccc34)c2cc1OCCCN1CCOCC1. The second-order valence-electron chi connectivity index (χ2n) is 10.8. The first-order valence-corrected chi connectivity index (χ1v) is 14.8. The summed E-state index contributed by atoms with van der Waals surface area (Å²) in [6, 6.07) is 31.5. The Morgan fingerprint density at radius 1 is 0.791 bits per heavy atom. The van der Waals surface area contributed by atoms with Crippen molar-refractivity contribution in [3.05, 3.63) is 97.3 Å². The standard InChI is InChI=1S/C36H34N4O3/c1-41-32-23-31-29(22-33(32)43-19-7-16-40-17-20-42-21-18-40)36(38-24-37-31)34-28-10-5-6-11-30(28)39-35(34)27-14-12-26(13-15-27)25-8-3-2-4-9-25/h2-6,8-15,22-24,39H,7,16-21H2,1H3. The summed E-state index contributed by atoms with van der Waals surface area (Å²) in [4.78, 5) is 15.6. The molecule has 7 nitrogen and oxygen atoms in total. The molecule has 1 aliphatic rings. The first kappa shape index (κ1) is 27.1. The van der Waals surface area contributed by atoms with Crippen molar-refractivity contribution < 1.29 is 14.2 Å². The van der Waals surface area contributed by atoms with Crippen molar-refractivity contribution in [2.45, 2.75) is 6.42 Å². The lowest BCUT2D eigenvalue weighted by atomic mass is 9.97. The van der Waals surface area contributed by atoms with E-state index >= 15 is 0 Å². The molecule has 0 radical (unpaired) electrons. The highest BCUT2D eigenvalue weighted by Gasteiger charge is 2.20. The number of fused-ring (bicyclic) bond motifs is 2. The van der Waals surface area contributed by atoms with E-state index in [9.17, 15) is 0 Å². The molecule has 0 aliphatic carbocycles. The molecule has 1 N–H and O–H groups in total. The molecule has 1 fully saturated rings. The van der Waals surface area contributed by atoms with Gasteiger partial charge in [-0.1, -0.05) is 72.8 Å². The quantitative estimate of drug-likeness (QED) is 0.185. The largest absolute Gasteiger partial charge is 0.493 e. The van der Waals surface area contributed by atoms with Gasteiger partial charge in [0.05, 0.1) is 43.8 Å². The number of hydrogen-bond donors (Lipinski definition) is 1. The predicted octanol–water partition coefficient (Wildman–Crippen LogP) is 7.22. The molecule has 7 heteroatoms. The van der Waals surface area contributed by atoms with Crippen molar-refractivity contribution >= 4 is 21.8 Å². The number of benzene rings is 4. The summed E-state index contributed by atoms with van der Waals surface area (Å²) in [6.45, 7) is 5.12. The molecule has 6 aromatic rings. The van der Waals surface area contributed by atoms with Crippen LogP contribution in [0.4, 0.5) is 0 Å². The molecule has 7 rings (SSSR count). The van der Waals surface area contributed by atoms with E-state index in [0.717, 1.165) is 83.6 Å². The van der Waals surface area contributed by atoms with E-state index in [1.54, 1.807) is 13.4 Å². The molecule has 0 spiro atoms. The van der Waals surface area contributed by atoms with Crippen molar-refractivity contribution in [2.24, 2.45) is 0 Å². The van der Waals surface area contributed by atoms with Gasteiger partial charge >= 0.3 is 0 Å². The van der Waals surface area contributed by atoms with E-state index in [4.69, 9.17) is 19.2 Å². The molecule has 1 saturated heterocycles. The average Bonchev–Trinajstić information content (AvgIpc) is 3.46. The number of hydrogen-bond acceptors (Lipinski definition) is 6. The highest BCUT2D eigenvalue weighted by atomic mass is 16.5. The van der Waals surface area contributed by atoms with Crippen LogP contribution in [0.5, 0.6) is 11.5 Å². The zero-order chi connectivity index (χ0) is 29.0. The third-order valence-corrected chi connectivity index (χ3v) is 8.12. The van der Waals surface area contributed by atoms with Crippen LogP contribution in [-0.4, -0.2) is 66.4 Å². The Balaban J connectivity index is 1.27. The van der Waals surface area contributed by atoms with Gasteiger partial charge in [0.1, 0.15) is 6.33 Å². The van der Waals surface area contributed by atoms with Gasteiger partial charge in [0, 0.05) is 47.6 Å². The summed E-state index contributed by atoms with van der Waals surface area (Å²) >= 11 is 0. The zero-order valence-corrected chi connectivity index (χ0v) is 24.3. The summed E-state index contributed by atoms with van der Waals surface area (Å²) in [6.07, 6.45) is 2.55. The second kappa shape index (κ2) is 12.3. The topological polar surface area (TPSA) is 72.5 Å². The molecular weight excluding hydrogens is 536 g/mol. The number of para-hydroxylation sites is 1. The lowest BCUT2D eigenvalue weighted by Crippen LogP contribution is -2.37. The third kappa shape index (κ3) is 5.57. The normalized spacial score (nSPS) is 13.9. The lowest BCUT2D eigenvalue weighted by molar-refractivity contribution is 0.0357. The Morgan fingerprint density at radius 2 is 1.53 bits per heavy atom. The van der Waals surface area contributed by atoms with E-state index < -0.39 is 0 Å². The van der Waals surface area contributed by atoms with Gasteiger partial charge < -0.3 is 19.2 Å². The summed E-state index contributed by atoms with van der Waals surface area (Å²) in [5.41, 5.74) is 8.23. The molecule has 43 heavy (non-hydrogen) atoms. The fourth-order valence-corrected chi connectivity index (χ4v) is 5.90. The fraction of sp³-hybridized carbons (Fsp3) is 0.222. The van der Waals surface area contributed by atoms with E-state index in [1.165, 1.54) is 11.1 Å². The van der Waals surface area contributed by atoms with Crippen LogP contribution >= 0.6 is 0 Å². The summed E-state index contributed by atoms with van der Waals surface area (Å²) in [5.74, 6) is 1.36. The number of nitrogens with zero attached hydrogens (tertiary/aromatic N) is 3. The van der Waals surface area contributed by atoms with Gasteiger partial charge in [0.25, 0.3) is 0 Å². The maximum Gasteiger partial charge on any atom is 0.162 e. The maximum atomic E-state index is 6.31. The molecular formula is C36H34N4O3. The van der Waals surface area contributed by atoms with Crippen LogP contribution < -0.4 is 9.47 Å². The summed E-state index contributed by atoms with van der Waals surface area (Å²) in [5, 5.41) is 2.02. The fourth-order valence-electron chi connectivity index (χ4n) is 5.90. The third-order valence-electron chi connectivity index (χ3n) is 8.12. The average molecular weight is 571 g/mol.